The number of nitrogens with one attached hydrogen (secondary N) is 1. The third-order valence-corrected chi connectivity index (χ3v) is 2.96. The molecule has 0 amide bonds. The predicted octanol–water partition coefficient (Wildman–Crippen LogP) is 2.79. The van der Waals surface area contributed by atoms with Gasteiger partial charge in [0.1, 0.15) is 5.54 Å². The van der Waals surface area contributed by atoms with Crippen LogP contribution < -0.4 is 5.32 Å². The Balaban J connectivity index is 2.50. The van der Waals surface area contributed by atoms with Crippen LogP contribution in [0.4, 0.5) is 13.2 Å². The summed E-state index contributed by atoms with van der Waals surface area (Å²) in [4.78, 5) is 11.8. The molecule has 0 aromatic rings. The Morgan fingerprint density at radius 1 is 1.33 bits per heavy atom. The molecular formula is C12H20F3NO2. The Morgan fingerprint density at radius 2 is 1.94 bits per heavy atom. The molecule has 1 aliphatic carbocycles. The van der Waals surface area contributed by atoms with Crippen LogP contribution >= 0.6 is 0 Å². The number of alkyl halides is 3. The lowest BCUT2D eigenvalue weighted by Gasteiger charge is -2.28. The number of halogens is 3. The molecule has 1 unspecified atom stereocenters. The van der Waals surface area contributed by atoms with Gasteiger partial charge in [-0.2, -0.15) is 13.2 Å². The summed E-state index contributed by atoms with van der Waals surface area (Å²) in [7, 11) is 0. The molecule has 3 nitrogen and oxygen atoms in total. The first-order chi connectivity index (χ1) is 8.27. The van der Waals surface area contributed by atoms with E-state index in [0.29, 0.717) is 0 Å². The van der Waals surface area contributed by atoms with Crippen LogP contribution in [0.2, 0.25) is 0 Å². The molecule has 18 heavy (non-hydrogen) atoms. The van der Waals surface area contributed by atoms with Gasteiger partial charge >= 0.3 is 12.1 Å². The molecule has 1 aliphatic rings. The van der Waals surface area contributed by atoms with E-state index in [4.69, 9.17) is 4.74 Å². The van der Waals surface area contributed by atoms with Gasteiger partial charge in [-0.1, -0.05) is 0 Å². The second-order valence-corrected chi connectivity index (χ2v) is 4.94. The first-order valence-corrected chi connectivity index (χ1v) is 6.28. The fourth-order valence-electron chi connectivity index (χ4n) is 1.84. The standard InChI is InChI=1S/C12H20F3NO2/c1-3-18-10(17)11(2,16-9-5-6-9)7-4-8-12(13,14)15/h9,16H,3-8H2,1-2H3. The van der Waals surface area contributed by atoms with Crippen molar-refractivity contribution in [2.24, 2.45) is 0 Å². The quantitative estimate of drug-likeness (QED) is 0.721. The fraction of sp³-hybridized carbons (Fsp3) is 0.917. The van der Waals surface area contributed by atoms with E-state index in [1.807, 2.05) is 0 Å². The second kappa shape index (κ2) is 5.91. The first-order valence-electron chi connectivity index (χ1n) is 6.28. The van der Waals surface area contributed by atoms with E-state index in [0.717, 1.165) is 12.8 Å². The van der Waals surface area contributed by atoms with Crippen LogP contribution in [0.1, 0.15) is 46.0 Å². The van der Waals surface area contributed by atoms with E-state index in [1.54, 1.807) is 13.8 Å². The third kappa shape index (κ3) is 5.25. The maximum atomic E-state index is 12.1. The van der Waals surface area contributed by atoms with Crippen LogP contribution in [0.25, 0.3) is 0 Å². The average molecular weight is 267 g/mol. The Bertz CT molecular complexity index is 290. The van der Waals surface area contributed by atoms with Gasteiger partial charge in [0.25, 0.3) is 0 Å². The molecule has 1 N–H and O–H groups in total. The van der Waals surface area contributed by atoms with Gasteiger partial charge in [-0.3, -0.25) is 10.1 Å². The number of ether oxygens (including phenoxy) is 1. The van der Waals surface area contributed by atoms with Crippen molar-refractivity contribution in [1.82, 2.24) is 5.32 Å². The normalized spacial score (nSPS) is 19.4. The summed E-state index contributed by atoms with van der Waals surface area (Å²) in [6.45, 7) is 3.55. The van der Waals surface area contributed by atoms with Crippen molar-refractivity contribution in [2.45, 2.75) is 63.7 Å². The monoisotopic (exact) mass is 267 g/mol. The van der Waals surface area contributed by atoms with E-state index in [-0.39, 0.29) is 25.5 Å². The van der Waals surface area contributed by atoms with Gasteiger partial charge in [-0.15, -0.1) is 0 Å². The fourth-order valence-corrected chi connectivity index (χ4v) is 1.84. The smallest absolute Gasteiger partial charge is 0.389 e. The maximum Gasteiger partial charge on any atom is 0.389 e. The highest BCUT2D eigenvalue weighted by atomic mass is 19.4. The van der Waals surface area contributed by atoms with Gasteiger partial charge in [0.2, 0.25) is 0 Å². The van der Waals surface area contributed by atoms with Crippen molar-refractivity contribution < 1.29 is 22.7 Å². The van der Waals surface area contributed by atoms with E-state index in [1.165, 1.54) is 0 Å². The van der Waals surface area contributed by atoms with E-state index in [2.05, 4.69) is 5.32 Å². The zero-order valence-electron chi connectivity index (χ0n) is 10.8. The van der Waals surface area contributed by atoms with Crippen molar-refractivity contribution in [3.05, 3.63) is 0 Å². The minimum absolute atomic E-state index is 0.0709. The Hall–Kier alpha value is -0.780. The number of hydrogen-bond acceptors (Lipinski definition) is 3. The molecule has 0 aromatic heterocycles. The lowest BCUT2D eigenvalue weighted by Crippen LogP contribution is -2.51. The summed E-state index contributed by atoms with van der Waals surface area (Å²) < 4.78 is 41.3. The summed E-state index contributed by atoms with van der Waals surface area (Å²) in [6, 6.07) is 0.241. The molecule has 1 rings (SSSR count). The van der Waals surface area contributed by atoms with Crippen LogP contribution in [-0.2, 0) is 9.53 Å². The summed E-state index contributed by atoms with van der Waals surface area (Å²) in [5.74, 6) is -0.459. The van der Waals surface area contributed by atoms with Crippen molar-refractivity contribution in [3.8, 4) is 0 Å². The van der Waals surface area contributed by atoms with Gasteiger partial charge in [0.05, 0.1) is 6.61 Å². The molecule has 6 heteroatoms. The summed E-state index contributed by atoms with van der Waals surface area (Å²) >= 11 is 0. The van der Waals surface area contributed by atoms with Crippen LogP contribution in [0, 0.1) is 0 Å². The molecule has 1 atom stereocenters. The van der Waals surface area contributed by atoms with E-state index < -0.39 is 24.1 Å². The van der Waals surface area contributed by atoms with Crippen molar-refractivity contribution in [3.63, 3.8) is 0 Å². The zero-order chi connectivity index (χ0) is 13.8. The molecule has 0 bridgehead atoms. The van der Waals surface area contributed by atoms with Crippen LogP contribution in [0.3, 0.4) is 0 Å². The molecule has 1 fully saturated rings. The number of esters is 1. The molecule has 0 aromatic carbocycles. The van der Waals surface area contributed by atoms with Gasteiger partial charge in [-0.05, 0) is 39.5 Å². The number of carbonyl (C=O) groups excluding carboxylic acids is 1. The minimum atomic E-state index is -4.17. The predicted molar refractivity (Wildman–Crippen MR) is 61.1 cm³/mol. The minimum Gasteiger partial charge on any atom is -0.465 e. The first kappa shape index (κ1) is 15.3. The number of rotatable bonds is 7. The summed E-state index contributed by atoms with van der Waals surface area (Å²) in [5.41, 5.74) is -0.998. The Kier molecular flexibility index (Phi) is 5.01. The van der Waals surface area contributed by atoms with Crippen molar-refractivity contribution in [2.75, 3.05) is 6.61 Å². The third-order valence-electron chi connectivity index (χ3n) is 2.96. The Morgan fingerprint density at radius 3 is 2.39 bits per heavy atom. The average Bonchev–Trinajstić information content (AvgIpc) is 2.99. The highest BCUT2D eigenvalue weighted by Gasteiger charge is 2.40. The SMILES string of the molecule is CCOC(=O)C(C)(CCCC(F)(F)F)NC1CC1. The number of hydrogen-bond donors (Lipinski definition) is 1. The van der Waals surface area contributed by atoms with Gasteiger partial charge in [0.15, 0.2) is 0 Å². The van der Waals surface area contributed by atoms with Crippen LogP contribution in [0.5, 0.6) is 0 Å². The molecule has 0 aliphatic heterocycles. The van der Waals surface area contributed by atoms with Crippen molar-refractivity contribution in [1.29, 1.82) is 0 Å². The van der Waals surface area contributed by atoms with Crippen LogP contribution in [0.15, 0.2) is 0 Å². The molecular weight excluding hydrogens is 247 g/mol. The van der Waals surface area contributed by atoms with Gasteiger partial charge < -0.3 is 4.74 Å². The lowest BCUT2D eigenvalue weighted by molar-refractivity contribution is -0.153. The van der Waals surface area contributed by atoms with E-state index >= 15 is 0 Å². The molecule has 0 heterocycles. The molecule has 1 saturated carbocycles. The summed E-state index contributed by atoms with van der Waals surface area (Å²) in [5, 5.41) is 3.10. The largest absolute Gasteiger partial charge is 0.465 e. The van der Waals surface area contributed by atoms with E-state index in [9.17, 15) is 18.0 Å². The number of carbonyl (C=O) groups is 1. The lowest BCUT2D eigenvalue weighted by atomic mass is 9.94. The highest BCUT2D eigenvalue weighted by molar-refractivity contribution is 5.80. The van der Waals surface area contributed by atoms with Crippen LogP contribution in [-0.4, -0.2) is 30.3 Å². The van der Waals surface area contributed by atoms with Crippen molar-refractivity contribution >= 4 is 5.97 Å². The molecule has 0 spiro atoms. The molecule has 0 radical (unpaired) electrons. The molecule has 0 saturated heterocycles. The zero-order valence-corrected chi connectivity index (χ0v) is 10.8. The molecule has 106 valence electrons. The maximum absolute atomic E-state index is 12.1. The van der Waals surface area contributed by atoms with Gasteiger partial charge in [-0.25, -0.2) is 0 Å². The second-order valence-electron chi connectivity index (χ2n) is 4.94. The highest BCUT2D eigenvalue weighted by Crippen LogP contribution is 2.29. The Labute approximate surface area is 105 Å². The summed E-state index contributed by atoms with van der Waals surface area (Å²) in [6.07, 6.45) is -3.04. The topological polar surface area (TPSA) is 38.3 Å². The van der Waals surface area contributed by atoms with Gasteiger partial charge in [0, 0.05) is 12.5 Å².